The molecule has 0 radical (unpaired) electrons. The Balaban J connectivity index is 2.70. The average Bonchev–Trinajstić information content (AvgIpc) is 3.08. The van der Waals surface area contributed by atoms with Gasteiger partial charge in [0.1, 0.15) is 11.4 Å². The molecule has 1 amide bonds. The first-order valence-electron chi connectivity index (χ1n) is 18.4. The maximum absolute atomic E-state index is 13.7. The van der Waals surface area contributed by atoms with Crippen LogP contribution in [0, 0.1) is 17.8 Å². The summed E-state index contributed by atoms with van der Waals surface area (Å²) >= 11 is 0. The van der Waals surface area contributed by atoms with Crippen LogP contribution in [-0.2, 0) is 4.79 Å². The molecule has 2 aromatic carbocycles. The van der Waals surface area contributed by atoms with Crippen LogP contribution in [-0.4, -0.2) is 36.7 Å². The van der Waals surface area contributed by atoms with E-state index in [-0.39, 0.29) is 17.4 Å². The fourth-order valence-electron chi connectivity index (χ4n) is 5.98. The Hall–Kier alpha value is -3.42. The highest BCUT2D eigenvalue weighted by molar-refractivity contribution is 5.96. The first-order valence-corrected chi connectivity index (χ1v) is 18.4. The topological polar surface area (TPSA) is 104 Å². The minimum Gasteiger partial charge on any atom is -0.492 e. The number of aromatic carboxylic acids is 1. The number of anilines is 2. The Morgan fingerprint density at radius 2 is 1.36 bits per heavy atom. The molecule has 0 bridgehead atoms. The quantitative estimate of drug-likeness (QED) is 0.110. The molecule has 0 aliphatic rings. The predicted octanol–water partition coefficient (Wildman–Crippen LogP) is 11.6. The van der Waals surface area contributed by atoms with Crippen LogP contribution in [0.5, 0.6) is 5.75 Å². The Labute approximate surface area is 284 Å². The van der Waals surface area contributed by atoms with Gasteiger partial charge >= 0.3 is 5.97 Å². The Bertz CT molecular complexity index is 1210. The number of nitrogens with zero attached hydrogens (tertiary/aromatic N) is 3. The molecule has 0 aromatic heterocycles. The SMILES string of the molecule is CCCCC(CC)CN(CC(CC)CCCC)c1cc(NC(=O)C(CC)CCCC)c(N=Nc2ccc(C(=O)O)cc2)cc1OCC. The second-order valence-electron chi connectivity index (χ2n) is 12.8. The van der Waals surface area contributed by atoms with Gasteiger partial charge in [-0.25, -0.2) is 4.79 Å². The van der Waals surface area contributed by atoms with Crippen LogP contribution in [0.25, 0.3) is 0 Å². The summed E-state index contributed by atoms with van der Waals surface area (Å²) in [6.07, 6.45) is 13.0. The molecule has 0 aliphatic heterocycles. The molecular weight excluding hydrogens is 588 g/mol. The van der Waals surface area contributed by atoms with E-state index < -0.39 is 5.97 Å². The third-order valence-corrected chi connectivity index (χ3v) is 9.18. The monoisotopic (exact) mass is 650 g/mol. The summed E-state index contributed by atoms with van der Waals surface area (Å²) in [5.74, 6) is 0.749. The van der Waals surface area contributed by atoms with Gasteiger partial charge in [0, 0.05) is 25.1 Å². The number of rotatable bonds is 24. The summed E-state index contributed by atoms with van der Waals surface area (Å²) in [7, 11) is 0. The highest BCUT2D eigenvalue weighted by Crippen LogP contribution is 2.41. The lowest BCUT2D eigenvalue weighted by atomic mass is 9.95. The molecule has 3 unspecified atom stereocenters. The summed E-state index contributed by atoms with van der Waals surface area (Å²) < 4.78 is 6.31. The minimum absolute atomic E-state index is 0.00590. The van der Waals surface area contributed by atoms with Crippen molar-refractivity contribution in [3.05, 3.63) is 42.0 Å². The molecule has 2 aromatic rings. The van der Waals surface area contributed by atoms with Crippen molar-refractivity contribution < 1.29 is 19.4 Å². The van der Waals surface area contributed by atoms with Crippen molar-refractivity contribution in [2.75, 3.05) is 29.9 Å². The Morgan fingerprint density at radius 1 is 0.787 bits per heavy atom. The van der Waals surface area contributed by atoms with Crippen LogP contribution >= 0.6 is 0 Å². The van der Waals surface area contributed by atoms with Gasteiger partial charge in [-0.15, -0.1) is 5.11 Å². The standard InChI is InChI=1S/C39H62N4O4/c1-8-15-18-29(11-4)27-43(28-30(12-5)19-16-9-2)36-25-34(40-38(44)31(13-6)20-17-10-3)35(26-37(36)47-14-7)42-41-33-23-21-32(22-24-33)39(45)46/h21-26,29-31H,8-20,27-28H2,1-7H3,(H,40,44)(H,45,46). The number of azo groups is 1. The number of ether oxygens (including phenoxy) is 1. The summed E-state index contributed by atoms with van der Waals surface area (Å²) in [5, 5.41) is 21.6. The van der Waals surface area contributed by atoms with E-state index >= 15 is 0 Å². The van der Waals surface area contributed by atoms with Crippen molar-refractivity contribution in [2.24, 2.45) is 28.0 Å². The second-order valence-corrected chi connectivity index (χ2v) is 12.8. The second kappa shape index (κ2) is 22.2. The third-order valence-electron chi connectivity index (χ3n) is 9.18. The van der Waals surface area contributed by atoms with E-state index in [1.807, 2.05) is 13.0 Å². The number of hydrogen-bond acceptors (Lipinski definition) is 6. The number of carboxylic acids is 1. The molecule has 8 heteroatoms. The molecule has 0 saturated carbocycles. The Morgan fingerprint density at radius 3 is 1.85 bits per heavy atom. The maximum atomic E-state index is 13.7. The van der Waals surface area contributed by atoms with Crippen LogP contribution in [0.2, 0.25) is 0 Å². The van der Waals surface area contributed by atoms with Gasteiger partial charge in [-0.05, 0) is 74.8 Å². The zero-order chi connectivity index (χ0) is 34.6. The summed E-state index contributed by atoms with van der Waals surface area (Å²) in [4.78, 5) is 27.5. The molecule has 0 heterocycles. The van der Waals surface area contributed by atoms with Crippen LogP contribution in [0.15, 0.2) is 46.6 Å². The summed E-state index contributed by atoms with van der Waals surface area (Å²) in [6.45, 7) is 17.6. The van der Waals surface area contributed by atoms with Crippen molar-refractivity contribution in [3.63, 3.8) is 0 Å². The van der Waals surface area contributed by atoms with Crippen molar-refractivity contribution >= 4 is 34.6 Å². The lowest BCUT2D eigenvalue weighted by Gasteiger charge is -2.34. The number of amides is 1. The van der Waals surface area contributed by atoms with Gasteiger partial charge in [-0.1, -0.05) is 92.9 Å². The molecule has 262 valence electrons. The molecule has 3 atom stereocenters. The van der Waals surface area contributed by atoms with Crippen molar-refractivity contribution in [1.82, 2.24) is 0 Å². The van der Waals surface area contributed by atoms with Crippen molar-refractivity contribution in [3.8, 4) is 5.75 Å². The molecule has 0 saturated heterocycles. The molecule has 2 rings (SSSR count). The van der Waals surface area contributed by atoms with Gasteiger partial charge in [0.05, 0.1) is 29.2 Å². The molecular formula is C39H62N4O4. The van der Waals surface area contributed by atoms with E-state index in [1.165, 1.54) is 50.7 Å². The van der Waals surface area contributed by atoms with E-state index in [2.05, 4.69) is 68.1 Å². The number of benzene rings is 2. The van der Waals surface area contributed by atoms with Crippen LogP contribution in [0.4, 0.5) is 22.7 Å². The van der Waals surface area contributed by atoms with E-state index in [0.29, 0.717) is 35.5 Å². The Kier molecular flexibility index (Phi) is 18.8. The molecule has 0 aliphatic carbocycles. The van der Waals surface area contributed by atoms with E-state index in [1.54, 1.807) is 12.1 Å². The van der Waals surface area contributed by atoms with E-state index in [4.69, 9.17) is 4.74 Å². The highest BCUT2D eigenvalue weighted by Gasteiger charge is 2.24. The zero-order valence-electron chi connectivity index (χ0n) is 30.3. The van der Waals surface area contributed by atoms with Gasteiger partial charge in [-0.2, -0.15) is 5.11 Å². The zero-order valence-corrected chi connectivity index (χ0v) is 30.3. The molecule has 2 N–H and O–H groups in total. The normalized spacial score (nSPS) is 13.3. The number of carbonyl (C=O) groups is 2. The maximum Gasteiger partial charge on any atom is 0.335 e. The lowest BCUT2D eigenvalue weighted by Crippen LogP contribution is -2.34. The molecule has 0 fully saturated rings. The number of hydrogen-bond donors (Lipinski definition) is 2. The van der Waals surface area contributed by atoms with Crippen LogP contribution < -0.4 is 15.0 Å². The number of unbranched alkanes of at least 4 members (excludes halogenated alkanes) is 3. The molecule has 8 nitrogen and oxygen atoms in total. The first kappa shape index (κ1) is 39.8. The van der Waals surface area contributed by atoms with Crippen LogP contribution in [0.1, 0.15) is 136 Å². The molecule has 0 spiro atoms. The smallest absolute Gasteiger partial charge is 0.335 e. The van der Waals surface area contributed by atoms with Gasteiger partial charge in [-0.3, -0.25) is 4.79 Å². The number of nitrogens with one attached hydrogen (secondary N) is 1. The summed E-state index contributed by atoms with van der Waals surface area (Å²) in [6, 6.07) is 10.2. The van der Waals surface area contributed by atoms with Gasteiger partial charge in [0.25, 0.3) is 0 Å². The van der Waals surface area contributed by atoms with Crippen LogP contribution in [0.3, 0.4) is 0 Å². The van der Waals surface area contributed by atoms with Crippen molar-refractivity contribution in [1.29, 1.82) is 0 Å². The minimum atomic E-state index is -0.992. The molecule has 47 heavy (non-hydrogen) atoms. The fraction of sp³-hybridized carbons (Fsp3) is 0.641. The fourth-order valence-corrected chi connectivity index (χ4v) is 5.98. The third kappa shape index (κ3) is 13.3. The van der Waals surface area contributed by atoms with Gasteiger partial charge in [0.15, 0.2) is 0 Å². The summed E-state index contributed by atoms with van der Waals surface area (Å²) in [5.41, 5.74) is 2.81. The van der Waals surface area contributed by atoms with Gasteiger partial charge in [0.2, 0.25) is 5.91 Å². The van der Waals surface area contributed by atoms with Gasteiger partial charge < -0.3 is 20.1 Å². The van der Waals surface area contributed by atoms with Crippen molar-refractivity contribution in [2.45, 2.75) is 126 Å². The average molecular weight is 651 g/mol. The van der Waals surface area contributed by atoms with E-state index in [9.17, 15) is 14.7 Å². The number of carboxylic acid groups (broad SMARTS) is 1. The van der Waals surface area contributed by atoms with E-state index in [0.717, 1.165) is 63.1 Å². The highest BCUT2D eigenvalue weighted by atomic mass is 16.5. The number of carbonyl (C=O) groups excluding carboxylic acids is 1. The lowest BCUT2D eigenvalue weighted by molar-refractivity contribution is -0.120. The largest absolute Gasteiger partial charge is 0.492 e. The predicted molar refractivity (Wildman–Crippen MR) is 196 cm³/mol. The first-order chi connectivity index (χ1) is 22.7.